The topological polar surface area (TPSA) is 101 Å². The number of carbonyl (C=O) groups is 1. The number of fused-ring (bicyclic) bond motifs is 2. The van der Waals surface area contributed by atoms with Gasteiger partial charge in [-0.2, -0.15) is 10.2 Å². The predicted molar refractivity (Wildman–Crippen MR) is 130 cm³/mol. The first-order valence-corrected chi connectivity index (χ1v) is 11.6. The van der Waals surface area contributed by atoms with Gasteiger partial charge in [0, 0.05) is 23.5 Å². The summed E-state index contributed by atoms with van der Waals surface area (Å²) in [5, 5.41) is 16.1. The molecule has 0 unspecified atom stereocenters. The van der Waals surface area contributed by atoms with Gasteiger partial charge in [0.2, 0.25) is 0 Å². The first kappa shape index (κ1) is 22.0. The molecular weight excluding hydrogens is 430 g/mol. The molecule has 1 saturated carbocycles. The maximum absolute atomic E-state index is 13.0. The maximum Gasteiger partial charge on any atom is 0.272 e. The van der Waals surface area contributed by atoms with Crippen molar-refractivity contribution in [1.82, 2.24) is 25.1 Å². The standard InChI is InChI=1S/C26H27N5O3/c1-2-13-34-16-17-7-12-23-22(14-27-31(23)15-17)25(32)28-19-10-8-18(9-11-19)24-20-5-3-4-6-21(20)26(33)30-29-24/h2-7,12,14-15,18-19H,1,8-11,13,16H2,(H,28,32)(H,30,33)/t18-,19-. The number of hydrogen-bond acceptors (Lipinski definition) is 5. The average Bonchev–Trinajstić information content (AvgIpc) is 3.29. The summed E-state index contributed by atoms with van der Waals surface area (Å²) in [5.74, 6) is 0.148. The van der Waals surface area contributed by atoms with E-state index < -0.39 is 0 Å². The van der Waals surface area contributed by atoms with Crippen molar-refractivity contribution in [3.63, 3.8) is 0 Å². The number of pyridine rings is 1. The number of nitrogens with zero attached hydrogens (tertiary/aromatic N) is 3. The van der Waals surface area contributed by atoms with Gasteiger partial charge in [-0.15, -0.1) is 6.58 Å². The van der Waals surface area contributed by atoms with E-state index in [0.717, 1.165) is 47.8 Å². The molecule has 0 bridgehead atoms. The van der Waals surface area contributed by atoms with Gasteiger partial charge in [-0.25, -0.2) is 9.61 Å². The first-order valence-electron chi connectivity index (χ1n) is 11.6. The molecule has 0 spiro atoms. The van der Waals surface area contributed by atoms with Gasteiger partial charge < -0.3 is 10.1 Å². The second-order valence-electron chi connectivity index (χ2n) is 8.73. The van der Waals surface area contributed by atoms with Gasteiger partial charge in [-0.05, 0) is 43.4 Å². The minimum Gasteiger partial charge on any atom is -0.373 e. The van der Waals surface area contributed by atoms with Crippen LogP contribution in [0.25, 0.3) is 16.3 Å². The van der Waals surface area contributed by atoms with Crippen molar-refractivity contribution in [2.75, 3.05) is 6.61 Å². The molecule has 4 aromatic rings. The number of carbonyl (C=O) groups excluding carboxylic acids is 1. The van der Waals surface area contributed by atoms with Gasteiger partial charge in [-0.1, -0.05) is 30.3 Å². The third-order valence-corrected chi connectivity index (χ3v) is 6.50. The van der Waals surface area contributed by atoms with E-state index in [-0.39, 0.29) is 23.4 Å². The van der Waals surface area contributed by atoms with Crippen LogP contribution in [0, 0.1) is 0 Å². The van der Waals surface area contributed by atoms with Crippen molar-refractivity contribution in [1.29, 1.82) is 0 Å². The molecule has 0 aliphatic heterocycles. The largest absolute Gasteiger partial charge is 0.373 e. The highest BCUT2D eigenvalue weighted by Crippen LogP contribution is 2.34. The first-order chi connectivity index (χ1) is 16.6. The summed E-state index contributed by atoms with van der Waals surface area (Å²) >= 11 is 0. The van der Waals surface area contributed by atoms with Gasteiger partial charge >= 0.3 is 0 Å². The van der Waals surface area contributed by atoms with E-state index in [4.69, 9.17) is 4.74 Å². The van der Waals surface area contributed by atoms with Crippen LogP contribution in [0.3, 0.4) is 0 Å². The summed E-state index contributed by atoms with van der Waals surface area (Å²) in [7, 11) is 0. The minimum atomic E-state index is -0.162. The molecule has 1 aliphatic carbocycles. The van der Waals surface area contributed by atoms with Crippen molar-refractivity contribution < 1.29 is 9.53 Å². The summed E-state index contributed by atoms with van der Waals surface area (Å²) in [5.41, 5.74) is 3.09. The van der Waals surface area contributed by atoms with E-state index >= 15 is 0 Å². The van der Waals surface area contributed by atoms with Gasteiger partial charge in [-0.3, -0.25) is 9.59 Å². The fourth-order valence-corrected chi connectivity index (χ4v) is 4.77. The highest BCUT2D eigenvalue weighted by Gasteiger charge is 2.27. The molecule has 1 aromatic carbocycles. The molecule has 5 rings (SSSR count). The third kappa shape index (κ3) is 4.36. The number of H-pyrrole nitrogens is 1. The highest BCUT2D eigenvalue weighted by molar-refractivity contribution is 6.00. The van der Waals surface area contributed by atoms with Crippen molar-refractivity contribution in [3.05, 3.63) is 88.6 Å². The Bertz CT molecular complexity index is 1400. The Hall–Kier alpha value is -3.78. The molecule has 1 aliphatic rings. The molecule has 8 heteroatoms. The van der Waals surface area contributed by atoms with Crippen molar-refractivity contribution in [2.24, 2.45) is 0 Å². The van der Waals surface area contributed by atoms with Crippen LogP contribution in [0.5, 0.6) is 0 Å². The molecule has 0 saturated heterocycles. The molecule has 3 aromatic heterocycles. The van der Waals surface area contributed by atoms with Crippen LogP contribution in [0.4, 0.5) is 0 Å². The summed E-state index contributed by atoms with van der Waals surface area (Å²) in [6.07, 6.45) is 8.71. The van der Waals surface area contributed by atoms with Crippen molar-refractivity contribution in [3.8, 4) is 0 Å². The van der Waals surface area contributed by atoms with Gasteiger partial charge in [0.15, 0.2) is 0 Å². The van der Waals surface area contributed by atoms with E-state index in [1.54, 1.807) is 16.8 Å². The summed E-state index contributed by atoms with van der Waals surface area (Å²) in [4.78, 5) is 25.1. The number of aromatic amines is 1. The molecule has 0 radical (unpaired) electrons. The van der Waals surface area contributed by atoms with E-state index in [0.29, 0.717) is 24.2 Å². The van der Waals surface area contributed by atoms with Crippen LogP contribution in [-0.4, -0.2) is 38.4 Å². The molecule has 3 heterocycles. The normalized spacial score (nSPS) is 18.2. The lowest BCUT2D eigenvalue weighted by Gasteiger charge is -2.29. The second-order valence-corrected chi connectivity index (χ2v) is 8.73. The number of aromatic nitrogens is 4. The third-order valence-electron chi connectivity index (χ3n) is 6.50. The van der Waals surface area contributed by atoms with Crippen LogP contribution >= 0.6 is 0 Å². The molecular formula is C26H27N5O3. The summed E-state index contributed by atoms with van der Waals surface area (Å²) in [6.45, 7) is 4.60. The summed E-state index contributed by atoms with van der Waals surface area (Å²) < 4.78 is 7.20. The zero-order valence-corrected chi connectivity index (χ0v) is 18.9. The summed E-state index contributed by atoms with van der Waals surface area (Å²) in [6, 6.07) is 11.5. The Morgan fingerprint density at radius 3 is 2.76 bits per heavy atom. The second kappa shape index (κ2) is 9.61. The van der Waals surface area contributed by atoms with Crippen molar-refractivity contribution >= 4 is 22.2 Å². The number of hydrogen-bond donors (Lipinski definition) is 2. The molecule has 8 nitrogen and oxygen atoms in total. The van der Waals surface area contributed by atoms with Crippen LogP contribution in [0.2, 0.25) is 0 Å². The Labute approximate surface area is 196 Å². The molecule has 174 valence electrons. The zero-order chi connectivity index (χ0) is 23.5. The molecule has 34 heavy (non-hydrogen) atoms. The Balaban J connectivity index is 1.23. The number of amides is 1. The number of benzene rings is 1. The lowest BCUT2D eigenvalue weighted by Crippen LogP contribution is -2.37. The lowest BCUT2D eigenvalue weighted by molar-refractivity contribution is 0.0927. The van der Waals surface area contributed by atoms with Gasteiger partial charge in [0.05, 0.1) is 41.6 Å². The van der Waals surface area contributed by atoms with Crippen LogP contribution in [0.15, 0.2) is 66.2 Å². The quantitative estimate of drug-likeness (QED) is 0.325. The van der Waals surface area contributed by atoms with E-state index in [1.165, 1.54) is 0 Å². The molecule has 0 atom stereocenters. The SMILES string of the molecule is C=CCOCc1ccc2c(C(=O)N[C@H]3CC[C@H](c4n[nH]c(=O)c5ccccc54)CC3)cnn2c1. The molecule has 2 N–H and O–H groups in total. The van der Waals surface area contributed by atoms with Crippen LogP contribution < -0.4 is 10.9 Å². The molecule has 1 fully saturated rings. The zero-order valence-electron chi connectivity index (χ0n) is 18.9. The monoisotopic (exact) mass is 457 g/mol. The highest BCUT2D eigenvalue weighted by atomic mass is 16.5. The Kier molecular flexibility index (Phi) is 6.22. The van der Waals surface area contributed by atoms with E-state index in [1.807, 2.05) is 42.6 Å². The smallest absolute Gasteiger partial charge is 0.272 e. The molecule has 1 amide bonds. The fraction of sp³-hybridized carbons (Fsp3) is 0.308. The van der Waals surface area contributed by atoms with Gasteiger partial charge in [0.1, 0.15) is 0 Å². The van der Waals surface area contributed by atoms with E-state index in [9.17, 15) is 9.59 Å². The Morgan fingerprint density at radius 1 is 1.18 bits per heavy atom. The van der Waals surface area contributed by atoms with Gasteiger partial charge in [0.25, 0.3) is 11.5 Å². The number of rotatable bonds is 7. The number of ether oxygens (including phenoxy) is 1. The van der Waals surface area contributed by atoms with Crippen molar-refractivity contribution in [2.45, 2.75) is 44.2 Å². The Morgan fingerprint density at radius 2 is 1.97 bits per heavy atom. The van der Waals surface area contributed by atoms with Crippen LogP contribution in [-0.2, 0) is 11.3 Å². The lowest BCUT2D eigenvalue weighted by atomic mass is 9.82. The number of nitrogens with one attached hydrogen (secondary N) is 2. The fourth-order valence-electron chi connectivity index (χ4n) is 4.77. The van der Waals surface area contributed by atoms with E-state index in [2.05, 4.69) is 27.2 Å². The maximum atomic E-state index is 13.0. The predicted octanol–water partition coefficient (Wildman–Crippen LogP) is 3.73. The van der Waals surface area contributed by atoms with Crippen LogP contribution in [0.1, 0.15) is 53.2 Å². The minimum absolute atomic E-state index is 0.0966. The average molecular weight is 458 g/mol.